The number of piperazine rings is 1. The molecular formula is C13H22N2O4. The van der Waals surface area contributed by atoms with Crippen molar-refractivity contribution in [1.29, 1.82) is 0 Å². The van der Waals surface area contributed by atoms with Gasteiger partial charge in [0.1, 0.15) is 0 Å². The lowest BCUT2D eigenvalue weighted by Crippen LogP contribution is -2.53. The van der Waals surface area contributed by atoms with Crippen molar-refractivity contribution in [2.75, 3.05) is 32.8 Å². The maximum atomic E-state index is 11.6. The molecule has 1 N–H and O–H groups in total. The summed E-state index contributed by atoms with van der Waals surface area (Å²) in [5.74, 6) is -0.110. The average Bonchev–Trinajstić information content (AvgIpc) is 2.70. The predicted octanol–water partition coefficient (Wildman–Crippen LogP) is -0.393. The summed E-state index contributed by atoms with van der Waals surface area (Å²) in [7, 11) is 0. The Balaban J connectivity index is 1.75. The van der Waals surface area contributed by atoms with E-state index >= 15 is 0 Å². The topological polar surface area (TPSA) is 70.1 Å². The fourth-order valence-electron chi connectivity index (χ4n) is 2.87. The fraction of sp³-hybridized carbons (Fsp3) is 0.846. The Bertz CT molecular complexity index is 348. The van der Waals surface area contributed by atoms with Crippen molar-refractivity contribution >= 4 is 11.9 Å². The molecule has 0 radical (unpaired) electrons. The van der Waals surface area contributed by atoms with Crippen LogP contribution >= 0.6 is 0 Å². The monoisotopic (exact) mass is 270 g/mol. The summed E-state index contributed by atoms with van der Waals surface area (Å²) in [6, 6.07) is 0.288. The third-order valence-corrected chi connectivity index (χ3v) is 3.76. The van der Waals surface area contributed by atoms with Crippen LogP contribution in [-0.4, -0.2) is 71.7 Å². The van der Waals surface area contributed by atoms with E-state index in [0.717, 1.165) is 26.1 Å². The van der Waals surface area contributed by atoms with Crippen LogP contribution in [0.3, 0.4) is 0 Å². The van der Waals surface area contributed by atoms with Gasteiger partial charge in [0.25, 0.3) is 0 Å². The van der Waals surface area contributed by atoms with Crippen LogP contribution in [0.4, 0.5) is 0 Å². The molecule has 2 saturated heterocycles. The first-order valence-electron chi connectivity index (χ1n) is 6.95. The Morgan fingerprint density at radius 3 is 3.05 bits per heavy atom. The first-order chi connectivity index (χ1) is 9.10. The molecule has 0 aromatic carbocycles. The Labute approximate surface area is 113 Å². The van der Waals surface area contributed by atoms with Gasteiger partial charge < -0.3 is 14.7 Å². The number of nitrogens with zero attached hydrogens (tertiary/aromatic N) is 2. The van der Waals surface area contributed by atoms with Crippen molar-refractivity contribution in [1.82, 2.24) is 9.80 Å². The van der Waals surface area contributed by atoms with Gasteiger partial charge in [0, 0.05) is 38.6 Å². The van der Waals surface area contributed by atoms with Gasteiger partial charge in [0.15, 0.2) is 0 Å². The first kappa shape index (κ1) is 14.3. The van der Waals surface area contributed by atoms with Gasteiger partial charge in [-0.3, -0.25) is 14.5 Å². The van der Waals surface area contributed by atoms with E-state index in [1.165, 1.54) is 0 Å². The minimum Gasteiger partial charge on any atom is -0.466 e. The second-order valence-electron chi connectivity index (χ2n) is 5.20. The molecule has 0 saturated carbocycles. The third-order valence-electron chi connectivity index (χ3n) is 3.76. The number of aliphatic hydroxyl groups is 1. The second-order valence-corrected chi connectivity index (χ2v) is 5.20. The number of carbonyl (C=O) groups excluding carboxylic acids is 2. The molecule has 0 aliphatic carbocycles. The Morgan fingerprint density at radius 2 is 2.32 bits per heavy atom. The number of aliphatic hydroxyl groups excluding tert-OH is 1. The lowest BCUT2D eigenvalue weighted by molar-refractivity contribution is -0.145. The number of hydrogen-bond donors (Lipinski definition) is 1. The Morgan fingerprint density at radius 1 is 1.53 bits per heavy atom. The minimum absolute atomic E-state index is 0.0393. The largest absolute Gasteiger partial charge is 0.466 e. The van der Waals surface area contributed by atoms with Crippen molar-refractivity contribution in [3.05, 3.63) is 0 Å². The molecule has 0 bridgehead atoms. The van der Waals surface area contributed by atoms with Crippen molar-refractivity contribution in [2.45, 2.75) is 38.3 Å². The zero-order valence-corrected chi connectivity index (χ0v) is 11.4. The molecule has 2 aliphatic rings. The van der Waals surface area contributed by atoms with Gasteiger partial charge in [-0.1, -0.05) is 0 Å². The van der Waals surface area contributed by atoms with Gasteiger partial charge in [-0.25, -0.2) is 0 Å². The van der Waals surface area contributed by atoms with Crippen LogP contribution in [0.25, 0.3) is 0 Å². The van der Waals surface area contributed by atoms with Gasteiger partial charge in [0.2, 0.25) is 5.91 Å². The van der Waals surface area contributed by atoms with Crippen LogP contribution in [0, 0.1) is 0 Å². The van der Waals surface area contributed by atoms with Crippen LogP contribution in [0.5, 0.6) is 0 Å². The van der Waals surface area contributed by atoms with E-state index in [-0.39, 0.29) is 24.3 Å². The number of amides is 1. The fourth-order valence-corrected chi connectivity index (χ4v) is 2.87. The summed E-state index contributed by atoms with van der Waals surface area (Å²) in [5, 5.41) is 9.87. The number of rotatable bonds is 5. The molecule has 0 aromatic rings. The van der Waals surface area contributed by atoms with Crippen molar-refractivity contribution in [2.24, 2.45) is 0 Å². The molecule has 108 valence electrons. The maximum Gasteiger partial charge on any atom is 0.308 e. The Hall–Kier alpha value is -1.14. The molecule has 0 aromatic heterocycles. The molecule has 2 heterocycles. The number of esters is 1. The molecule has 6 heteroatoms. The molecule has 2 aliphatic heterocycles. The molecule has 2 fully saturated rings. The molecule has 6 nitrogen and oxygen atoms in total. The van der Waals surface area contributed by atoms with Gasteiger partial charge in [-0.05, 0) is 13.3 Å². The number of hydrogen-bond acceptors (Lipinski definition) is 5. The zero-order valence-electron chi connectivity index (χ0n) is 11.4. The van der Waals surface area contributed by atoms with Crippen molar-refractivity contribution in [3.8, 4) is 0 Å². The summed E-state index contributed by atoms with van der Waals surface area (Å²) >= 11 is 0. The Kier molecular flexibility index (Phi) is 4.76. The number of fused-ring (bicyclic) bond motifs is 1. The summed E-state index contributed by atoms with van der Waals surface area (Å²) in [6.45, 7) is 4.86. The number of β-amino-alcohol motifs (C(OH)–C–C–N with tert-alkyl or cyclic N) is 1. The van der Waals surface area contributed by atoms with E-state index in [0.29, 0.717) is 19.6 Å². The highest BCUT2D eigenvalue weighted by molar-refractivity contribution is 5.78. The predicted molar refractivity (Wildman–Crippen MR) is 68.4 cm³/mol. The number of carbonyl (C=O) groups is 2. The zero-order chi connectivity index (χ0) is 13.8. The van der Waals surface area contributed by atoms with Gasteiger partial charge >= 0.3 is 5.97 Å². The number of ether oxygens (including phenoxy) is 1. The molecule has 19 heavy (non-hydrogen) atoms. The quantitative estimate of drug-likeness (QED) is 0.689. The standard InChI is InChI=1S/C13H22N2O4/c1-2-19-13(18)7-11(16)9-14-5-6-15-10(8-14)3-4-12(15)17/h10-11,16H,2-9H2,1H3. The SMILES string of the molecule is CCOC(=O)CC(O)CN1CCN2C(=O)CCC2C1. The van der Waals surface area contributed by atoms with E-state index in [4.69, 9.17) is 4.74 Å². The van der Waals surface area contributed by atoms with Crippen LogP contribution in [0.15, 0.2) is 0 Å². The second kappa shape index (κ2) is 6.34. The molecule has 2 atom stereocenters. The smallest absolute Gasteiger partial charge is 0.308 e. The van der Waals surface area contributed by atoms with Crippen molar-refractivity contribution in [3.63, 3.8) is 0 Å². The highest BCUT2D eigenvalue weighted by Gasteiger charge is 2.35. The first-order valence-corrected chi connectivity index (χ1v) is 6.95. The summed E-state index contributed by atoms with van der Waals surface area (Å²) in [5.41, 5.74) is 0. The highest BCUT2D eigenvalue weighted by atomic mass is 16.5. The molecule has 2 unspecified atom stereocenters. The van der Waals surface area contributed by atoms with Crippen LogP contribution in [0.2, 0.25) is 0 Å². The van der Waals surface area contributed by atoms with Crippen LogP contribution < -0.4 is 0 Å². The van der Waals surface area contributed by atoms with Crippen LogP contribution in [0.1, 0.15) is 26.2 Å². The van der Waals surface area contributed by atoms with Gasteiger partial charge in [-0.2, -0.15) is 0 Å². The molecular weight excluding hydrogens is 248 g/mol. The molecule has 2 rings (SSSR count). The molecule has 1 amide bonds. The van der Waals surface area contributed by atoms with Gasteiger partial charge in [0.05, 0.1) is 19.1 Å². The normalized spacial score (nSPS) is 25.3. The van der Waals surface area contributed by atoms with E-state index in [2.05, 4.69) is 4.90 Å². The third kappa shape index (κ3) is 3.67. The highest BCUT2D eigenvalue weighted by Crippen LogP contribution is 2.22. The average molecular weight is 270 g/mol. The van der Waals surface area contributed by atoms with Gasteiger partial charge in [-0.15, -0.1) is 0 Å². The molecule has 0 spiro atoms. The van der Waals surface area contributed by atoms with E-state index < -0.39 is 6.10 Å². The van der Waals surface area contributed by atoms with Crippen LogP contribution in [-0.2, 0) is 14.3 Å². The van der Waals surface area contributed by atoms with E-state index in [1.54, 1.807) is 6.92 Å². The van der Waals surface area contributed by atoms with E-state index in [1.807, 2.05) is 4.90 Å². The lowest BCUT2D eigenvalue weighted by Gasteiger charge is -2.38. The summed E-state index contributed by atoms with van der Waals surface area (Å²) < 4.78 is 4.81. The lowest BCUT2D eigenvalue weighted by atomic mass is 10.1. The van der Waals surface area contributed by atoms with E-state index in [9.17, 15) is 14.7 Å². The maximum absolute atomic E-state index is 11.6. The summed E-state index contributed by atoms with van der Waals surface area (Å²) in [6.07, 6.45) is 0.896. The summed E-state index contributed by atoms with van der Waals surface area (Å²) in [4.78, 5) is 26.9. The van der Waals surface area contributed by atoms with Crippen molar-refractivity contribution < 1.29 is 19.4 Å². The minimum atomic E-state index is -0.692.